The van der Waals surface area contributed by atoms with Gasteiger partial charge >= 0.3 is 0 Å². The van der Waals surface area contributed by atoms with Gasteiger partial charge in [0.15, 0.2) is 11.5 Å². The van der Waals surface area contributed by atoms with E-state index in [1.54, 1.807) is 12.5 Å². The zero-order chi connectivity index (χ0) is 20.9. The number of hydrogen-bond donors (Lipinski definition) is 1. The van der Waals surface area contributed by atoms with Gasteiger partial charge in [0.05, 0.1) is 12.2 Å². The highest BCUT2D eigenvalue weighted by Gasteiger charge is 2.24. The van der Waals surface area contributed by atoms with Crippen molar-refractivity contribution in [1.29, 1.82) is 0 Å². The van der Waals surface area contributed by atoms with E-state index in [1.165, 1.54) is 0 Å². The van der Waals surface area contributed by atoms with Crippen LogP contribution in [0.15, 0.2) is 49.1 Å². The second-order valence-corrected chi connectivity index (χ2v) is 7.61. The Bertz CT molecular complexity index is 937. The number of nitrogens with zero attached hydrogens (tertiary/aromatic N) is 5. The smallest absolute Gasteiger partial charge is 0.253 e. The Morgan fingerprint density at radius 1 is 1.20 bits per heavy atom. The van der Waals surface area contributed by atoms with Crippen molar-refractivity contribution in [3.8, 4) is 17.4 Å². The van der Waals surface area contributed by atoms with E-state index in [-0.39, 0.29) is 12.3 Å². The summed E-state index contributed by atoms with van der Waals surface area (Å²) in [4.78, 5) is 15.5. The van der Waals surface area contributed by atoms with Gasteiger partial charge in [0, 0.05) is 24.1 Å². The van der Waals surface area contributed by atoms with Gasteiger partial charge in [-0.2, -0.15) is 0 Å². The first-order chi connectivity index (χ1) is 14.6. The number of aromatic nitrogens is 4. The maximum absolute atomic E-state index is 5.83. The first-order valence-corrected chi connectivity index (χ1v) is 10.3. The van der Waals surface area contributed by atoms with Gasteiger partial charge in [-0.1, -0.05) is 12.1 Å². The van der Waals surface area contributed by atoms with Gasteiger partial charge in [-0.05, 0) is 58.6 Å². The van der Waals surface area contributed by atoms with Crippen molar-refractivity contribution in [2.24, 2.45) is 0 Å². The van der Waals surface area contributed by atoms with Gasteiger partial charge < -0.3 is 14.8 Å². The number of rotatable bonds is 9. The van der Waals surface area contributed by atoms with Gasteiger partial charge in [0.25, 0.3) is 6.29 Å². The van der Waals surface area contributed by atoms with Crippen molar-refractivity contribution < 1.29 is 9.47 Å². The van der Waals surface area contributed by atoms with E-state index in [2.05, 4.69) is 39.1 Å². The van der Waals surface area contributed by atoms with Gasteiger partial charge in [-0.25, -0.2) is 15.0 Å². The van der Waals surface area contributed by atoms with Crippen LogP contribution in [-0.4, -0.2) is 57.4 Å². The maximum atomic E-state index is 5.83. The summed E-state index contributed by atoms with van der Waals surface area (Å²) in [6.45, 7) is 6.67. The van der Waals surface area contributed by atoms with Crippen LogP contribution in [0.3, 0.4) is 0 Å². The molecule has 0 saturated carbocycles. The second-order valence-electron chi connectivity index (χ2n) is 7.61. The summed E-state index contributed by atoms with van der Waals surface area (Å²) < 4.78 is 13.5. The van der Waals surface area contributed by atoms with Gasteiger partial charge in [-0.3, -0.25) is 9.47 Å². The molecule has 8 heteroatoms. The van der Waals surface area contributed by atoms with E-state index >= 15 is 0 Å². The predicted octanol–water partition coefficient (Wildman–Crippen LogP) is 2.74. The molecule has 1 N–H and O–H groups in total. The topological polar surface area (TPSA) is 77.3 Å². The van der Waals surface area contributed by atoms with Gasteiger partial charge in [0.2, 0.25) is 5.95 Å². The van der Waals surface area contributed by atoms with Crippen LogP contribution in [-0.2, 0) is 0 Å². The molecule has 0 spiro atoms. The number of nitrogens with one attached hydrogen (secondary N) is 1. The van der Waals surface area contributed by atoms with Crippen LogP contribution in [0.5, 0.6) is 11.5 Å². The molecule has 8 nitrogen and oxygen atoms in total. The number of imidazole rings is 1. The van der Waals surface area contributed by atoms with E-state index < -0.39 is 0 Å². The number of fused-ring (bicyclic) bond motifs is 1. The summed E-state index contributed by atoms with van der Waals surface area (Å²) in [5, 5.41) is 3.56. The first-order valence-electron chi connectivity index (χ1n) is 10.3. The van der Waals surface area contributed by atoms with E-state index in [1.807, 2.05) is 48.0 Å². The minimum absolute atomic E-state index is 0.135. The average molecular weight is 409 g/mol. The molecule has 1 aliphatic rings. The Kier molecular flexibility index (Phi) is 6.25. The Labute approximate surface area is 176 Å². The summed E-state index contributed by atoms with van der Waals surface area (Å²) in [7, 11) is 2.09. The molecule has 0 radical (unpaired) electrons. The van der Waals surface area contributed by atoms with E-state index in [0.29, 0.717) is 5.95 Å². The molecule has 3 aromatic rings. The minimum Gasteiger partial charge on any atom is -0.450 e. The zero-order valence-electron chi connectivity index (χ0n) is 17.7. The lowest BCUT2D eigenvalue weighted by Crippen LogP contribution is -2.36. The normalized spacial score (nSPS) is 14.4. The molecule has 1 aromatic carbocycles. The molecule has 2 aromatic heterocycles. The molecular weight excluding hydrogens is 380 g/mol. The molecule has 1 atom stereocenters. The van der Waals surface area contributed by atoms with E-state index in [9.17, 15) is 0 Å². The predicted molar refractivity (Wildman–Crippen MR) is 114 cm³/mol. The number of para-hydroxylation sites is 2. The molecule has 1 aliphatic heterocycles. The Morgan fingerprint density at radius 3 is 2.67 bits per heavy atom. The highest BCUT2D eigenvalue weighted by Crippen LogP contribution is 2.33. The van der Waals surface area contributed by atoms with Crippen molar-refractivity contribution in [3.05, 3.63) is 60.4 Å². The monoisotopic (exact) mass is 408 g/mol. The largest absolute Gasteiger partial charge is 0.450 e. The van der Waals surface area contributed by atoms with Crippen LogP contribution in [0.2, 0.25) is 0 Å². The van der Waals surface area contributed by atoms with Crippen molar-refractivity contribution in [1.82, 2.24) is 29.7 Å². The number of hydrogen-bond acceptors (Lipinski definition) is 7. The summed E-state index contributed by atoms with van der Waals surface area (Å²) in [5.41, 5.74) is 1.92. The highest BCUT2D eigenvalue weighted by atomic mass is 16.7. The van der Waals surface area contributed by atoms with Crippen LogP contribution in [0, 0.1) is 6.92 Å². The SMILES string of the molecule is Cc1cc(C(C)NCCCN(C)CC2Oc3ccccc3O2)nc(-n2ccnc2)n1. The summed E-state index contributed by atoms with van der Waals surface area (Å²) in [6.07, 6.45) is 6.05. The third kappa shape index (κ3) is 4.95. The highest BCUT2D eigenvalue weighted by molar-refractivity contribution is 5.41. The summed E-state index contributed by atoms with van der Waals surface area (Å²) >= 11 is 0. The lowest BCUT2D eigenvalue weighted by Gasteiger charge is -2.21. The van der Waals surface area contributed by atoms with Crippen molar-refractivity contribution in [2.45, 2.75) is 32.6 Å². The molecule has 4 rings (SSSR count). The molecule has 0 fully saturated rings. The van der Waals surface area contributed by atoms with E-state index in [0.717, 1.165) is 48.9 Å². The molecule has 30 heavy (non-hydrogen) atoms. The quantitative estimate of drug-likeness (QED) is 0.546. The fourth-order valence-electron chi connectivity index (χ4n) is 3.44. The third-order valence-electron chi connectivity index (χ3n) is 5.04. The maximum Gasteiger partial charge on any atom is 0.253 e. The molecule has 3 heterocycles. The summed E-state index contributed by atoms with van der Waals surface area (Å²) in [6, 6.07) is 9.95. The third-order valence-corrected chi connectivity index (χ3v) is 5.04. The lowest BCUT2D eigenvalue weighted by molar-refractivity contribution is 0.0213. The average Bonchev–Trinajstić information content (AvgIpc) is 3.40. The Morgan fingerprint density at radius 2 is 1.97 bits per heavy atom. The van der Waals surface area contributed by atoms with Crippen LogP contribution in [0.1, 0.15) is 30.8 Å². The standard InChI is InChI=1S/C22H28N6O2/c1-16-13-18(26-22(25-16)28-12-10-23-15-28)17(2)24-9-6-11-27(3)14-21-29-19-7-4-5-8-20(19)30-21/h4-5,7-8,10,12-13,15,17,21,24H,6,9,11,14H2,1-3H3. The van der Waals surface area contributed by atoms with Crippen LogP contribution >= 0.6 is 0 Å². The van der Waals surface area contributed by atoms with Crippen LogP contribution in [0.4, 0.5) is 0 Å². The molecule has 1 unspecified atom stereocenters. The van der Waals surface area contributed by atoms with Gasteiger partial charge in [-0.15, -0.1) is 0 Å². The second kappa shape index (κ2) is 9.23. The molecule has 0 bridgehead atoms. The molecular formula is C22H28N6O2. The number of benzene rings is 1. The summed E-state index contributed by atoms with van der Waals surface area (Å²) in [5.74, 6) is 2.29. The van der Waals surface area contributed by atoms with Crippen LogP contribution in [0.25, 0.3) is 5.95 Å². The number of likely N-dealkylation sites (N-methyl/N-ethyl adjacent to an activating group) is 1. The first kappa shape index (κ1) is 20.3. The number of aryl methyl sites for hydroxylation is 1. The minimum atomic E-state index is -0.245. The van der Waals surface area contributed by atoms with Crippen molar-refractivity contribution >= 4 is 0 Å². The fourth-order valence-corrected chi connectivity index (χ4v) is 3.44. The van der Waals surface area contributed by atoms with Crippen molar-refractivity contribution in [2.75, 3.05) is 26.7 Å². The van der Waals surface area contributed by atoms with Gasteiger partial charge in [0.1, 0.15) is 6.33 Å². The van der Waals surface area contributed by atoms with Crippen LogP contribution < -0.4 is 14.8 Å². The van der Waals surface area contributed by atoms with Crippen molar-refractivity contribution in [3.63, 3.8) is 0 Å². The van der Waals surface area contributed by atoms with E-state index in [4.69, 9.17) is 9.47 Å². The zero-order valence-corrected chi connectivity index (χ0v) is 17.7. The Balaban J connectivity index is 1.21. The molecule has 0 aliphatic carbocycles. The lowest BCUT2D eigenvalue weighted by atomic mass is 10.2. The molecule has 0 amide bonds. The fraction of sp³-hybridized carbons (Fsp3) is 0.409. The molecule has 0 saturated heterocycles. The Hall–Kier alpha value is -2.97. The molecule has 158 valence electrons. The number of ether oxygens (including phenoxy) is 2.